The summed E-state index contributed by atoms with van der Waals surface area (Å²) in [5.74, 6) is 0. The number of nitrogens with zero attached hydrogens (tertiary/aromatic N) is 8. The van der Waals surface area contributed by atoms with Crippen LogP contribution in [0.4, 0.5) is 68.2 Å². The van der Waals surface area contributed by atoms with Crippen molar-refractivity contribution in [3.63, 3.8) is 0 Å². The average molecular weight is 1080 g/mol. The summed E-state index contributed by atoms with van der Waals surface area (Å²) in [7, 11) is 0. The van der Waals surface area contributed by atoms with Gasteiger partial charge in [-0.15, -0.1) is 0 Å². The molecule has 10 aromatic carbocycles. The van der Waals surface area contributed by atoms with Crippen LogP contribution in [0.5, 0.6) is 0 Å². The van der Waals surface area contributed by atoms with Crippen LogP contribution in [-0.2, 0) is 21.7 Å². The zero-order valence-electron chi connectivity index (χ0n) is 48.2. The van der Waals surface area contributed by atoms with E-state index < -0.39 is 10.8 Å². The molecule has 0 aromatic heterocycles. The second-order valence-corrected chi connectivity index (χ2v) is 24.6. The van der Waals surface area contributed by atoms with Gasteiger partial charge in [0.25, 0.3) is 0 Å². The van der Waals surface area contributed by atoms with Crippen LogP contribution in [0.25, 0.3) is 11.1 Å². The maximum atomic E-state index is 11.2. The van der Waals surface area contributed by atoms with Gasteiger partial charge in [-0.3, -0.25) is 0 Å². The second-order valence-electron chi connectivity index (χ2n) is 24.6. The third kappa shape index (κ3) is 7.14. The number of benzene rings is 10. The molecule has 4 aliphatic heterocycles. The summed E-state index contributed by atoms with van der Waals surface area (Å²) in [5, 5.41) is 44.4. The van der Waals surface area contributed by atoms with E-state index in [2.05, 4.69) is 263 Å². The number of para-hydroxylation sites is 6. The summed E-state index contributed by atoms with van der Waals surface area (Å²) >= 11 is 0. The first-order chi connectivity index (χ1) is 40.6. The Balaban J connectivity index is 0.965. The quantitative estimate of drug-likeness (QED) is 0.168. The van der Waals surface area contributed by atoms with Gasteiger partial charge in [-0.05, 0) is 134 Å². The molecule has 84 heavy (non-hydrogen) atoms. The molecule has 0 bridgehead atoms. The fraction of sp³-hybridized carbons (Fsp3) is 0.158. The Morgan fingerprint density at radius 1 is 0.250 bits per heavy atom. The lowest BCUT2D eigenvalue weighted by molar-refractivity contribution is 0.630. The predicted molar refractivity (Wildman–Crippen MR) is 338 cm³/mol. The summed E-state index contributed by atoms with van der Waals surface area (Å²) in [6.45, 7) is 18.1. The van der Waals surface area contributed by atoms with E-state index in [0.29, 0.717) is 45.0 Å². The molecule has 8 nitrogen and oxygen atoms in total. The third-order valence-electron chi connectivity index (χ3n) is 18.7. The Hall–Kier alpha value is -10.6. The van der Waals surface area contributed by atoms with Gasteiger partial charge in [0.05, 0.1) is 90.5 Å². The van der Waals surface area contributed by atoms with Crippen LogP contribution in [0.1, 0.15) is 122 Å². The highest BCUT2D eigenvalue weighted by molar-refractivity contribution is 5.98. The minimum Gasteiger partial charge on any atom is -0.308 e. The summed E-state index contributed by atoms with van der Waals surface area (Å²) in [6.07, 6.45) is 0. The van der Waals surface area contributed by atoms with Crippen molar-refractivity contribution < 1.29 is 0 Å². The Kier molecular flexibility index (Phi) is 11.3. The lowest BCUT2D eigenvalue weighted by Crippen LogP contribution is -2.33. The monoisotopic (exact) mass is 1080 g/mol. The minimum atomic E-state index is -0.539. The summed E-state index contributed by atoms with van der Waals surface area (Å²) < 4.78 is 0. The SMILES string of the molecule is CC1(C)c2ccccc2N(c2cc(N3c4ccccc4C(C)(C)c4cc(-c5cccc6c5C(C)(C)c5ccccc5N6c5cc(N6c7ccccc7C(C)(C)c7ccccc76)c(C#N)cc5C#N)ccc43)c(C#N)cc2C#N)c2ccccc21. The van der Waals surface area contributed by atoms with Gasteiger partial charge in [-0.2, -0.15) is 21.0 Å². The van der Waals surface area contributed by atoms with Gasteiger partial charge < -0.3 is 19.6 Å². The molecule has 4 heterocycles. The van der Waals surface area contributed by atoms with Crippen LogP contribution in [0.3, 0.4) is 0 Å². The molecule has 4 aliphatic rings. The lowest BCUT2D eigenvalue weighted by atomic mass is 9.69. The first kappa shape index (κ1) is 51.5. The van der Waals surface area contributed by atoms with Gasteiger partial charge in [0.2, 0.25) is 0 Å². The topological polar surface area (TPSA) is 108 Å². The van der Waals surface area contributed by atoms with Gasteiger partial charge in [0, 0.05) is 21.7 Å². The molecule has 0 fully saturated rings. The lowest BCUT2D eigenvalue weighted by Gasteiger charge is -2.45. The molecule has 0 spiro atoms. The Bertz CT molecular complexity index is 4560. The van der Waals surface area contributed by atoms with Crippen molar-refractivity contribution in [3.8, 4) is 35.4 Å². The fourth-order valence-corrected chi connectivity index (χ4v) is 14.6. The van der Waals surface area contributed by atoms with Crippen LogP contribution < -0.4 is 19.6 Å². The van der Waals surface area contributed by atoms with Crippen LogP contribution >= 0.6 is 0 Å². The highest BCUT2D eigenvalue weighted by atomic mass is 15.2. The fourth-order valence-electron chi connectivity index (χ4n) is 14.6. The first-order valence-corrected chi connectivity index (χ1v) is 28.6. The number of hydrogen-bond acceptors (Lipinski definition) is 8. The van der Waals surface area contributed by atoms with Gasteiger partial charge in [0.1, 0.15) is 24.3 Å². The molecule has 0 saturated carbocycles. The van der Waals surface area contributed by atoms with Crippen LogP contribution in [0, 0.1) is 45.3 Å². The van der Waals surface area contributed by atoms with Crippen molar-refractivity contribution in [1.82, 2.24) is 0 Å². The first-order valence-electron chi connectivity index (χ1n) is 28.6. The van der Waals surface area contributed by atoms with Crippen LogP contribution in [0.15, 0.2) is 206 Å². The smallest absolute Gasteiger partial charge is 0.101 e. The third-order valence-corrected chi connectivity index (χ3v) is 18.7. The van der Waals surface area contributed by atoms with Crippen molar-refractivity contribution in [2.24, 2.45) is 0 Å². The molecule has 0 aliphatic carbocycles. The Labute approximate surface area is 491 Å². The number of anilines is 12. The number of rotatable bonds is 5. The van der Waals surface area contributed by atoms with Crippen molar-refractivity contribution in [1.29, 1.82) is 21.0 Å². The van der Waals surface area contributed by atoms with E-state index in [1.165, 1.54) is 0 Å². The van der Waals surface area contributed by atoms with E-state index in [-0.39, 0.29) is 10.8 Å². The molecule has 0 unspecified atom stereocenters. The van der Waals surface area contributed by atoms with Crippen LogP contribution in [0.2, 0.25) is 0 Å². The normalized spacial score (nSPS) is 15.6. The molecular weight excluding hydrogens is 1020 g/mol. The van der Waals surface area contributed by atoms with E-state index in [9.17, 15) is 21.0 Å². The molecule has 0 atom stereocenters. The van der Waals surface area contributed by atoms with Gasteiger partial charge >= 0.3 is 0 Å². The van der Waals surface area contributed by atoms with E-state index in [1.807, 2.05) is 30.3 Å². The number of nitriles is 4. The summed E-state index contributed by atoms with van der Waals surface area (Å²) in [5.41, 5.74) is 21.3. The number of hydrogen-bond donors (Lipinski definition) is 0. The molecule has 0 amide bonds. The van der Waals surface area contributed by atoms with Gasteiger partial charge in [-0.1, -0.05) is 183 Å². The molecule has 8 heteroatoms. The van der Waals surface area contributed by atoms with Crippen molar-refractivity contribution in [2.75, 3.05) is 19.6 Å². The Morgan fingerprint density at radius 2 is 0.524 bits per heavy atom. The average Bonchev–Trinajstić information content (AvgIpc) is 0.940. The molecule has 14 rings (SSSR count). The molecular formula is C76H58N8. The van der Waals surface area contributed by atoms with Crippen molar-refractivity contribution >= 4 is 68.2 Å². The highest BCUT2D eigenvalue weighted by Crippen LogP contribution is 2.60. The minimum absolute atomic E-state index is 0.312. The van der Waals surface area contributed by atoms with Crippen molar-refractivity contribution in [2.45, 2.75) is 77.0 Å². The summed E-state index contributed by atoms with van der Waals surface area (Å²) in [6, 6.07) is 81.6. The molecule has 0 saturated heterocycles. The van der Waals surface area contributed by atoms with E-state index >= 15 is 0 Å². The van der Waals surface area contributed by atoms with E-state index in [1.54, 1.807) is 12.1 Å². The van der Waals surface area contributed by atoms with E-state index in [4.69, 9.17) is 0 Å². The molecule has 402 valence electrons. The zero-order chi connectivity index (χ0) is 58.2. The van der Waals surface area contributed by atoms with Crippen LogP contribution in [-0.4, -0.2) is 0 Å². The number of fused-ring (bicyclic) bond motifs is 8. The van der Waals surface area contributed by atoms with E-state index in [0.717, 1.165) is 101 Å². The maximum Gasteiger partial charge on any atom is 0.101 e. The highest BCUT2D eigenvalue weighted by Gasteiger charge is 2.44. The predicted octanol–water partition coefficient (Wildman–Crippen LogP) is 19.3. The van der Waals surface area contributed by atoms with Gasteiger partial charge in [0.15, 0.2) is 0 Å². The van der Waals surface area contributed by atoms with Crippen molar-refractivity contribution in [3.05, 3.63) is 273 Å². The zero-order valence-corrected chi connectivity index (χ0v) is 48.2. The molecule has 0 radical (unpaired) electrons. The standard InChI is InChI=1S/C76H58N8/c1-73(2)53-23-9-15-29-60(53)81(61-30-16-10-24-54(61)73)68-41-70(50(45-79)38-48(68)43-77)83-64-33-19-13-27-57(64)75(5,6)59-40-47(36-37-66(59)83)52-22-21-35-67-72(52)76(7,8)58-28-14-20-34-65(58)84(67)71-42-69(49(44-78)39-51(71)46-80)82-62-31-17-11-25-55(62)74(3,4)56-26-12-18-32-63(56)82/h9-42H,1-8H3. The summed E-state index contributed by atoms with van der Waals surface area (Å²) in [4.78, 5) is 8.87. The molecule has 0 N–H and O–H groups in total. The Morgan fingerprint density at radius 3 is 0.857 bits per heavy atom. The molecule has 10 aromatic rings. The largest absolute Gasteiger partial charge is 0.308 e. The maximum absolute atomic E-state index is 11.2. The second kappa shape index (κ2) is 18.4. The van der Waals surface area contributed by atoms with Gasteiger partial charge in [-0.25, -0.2) is 0 Å².